The molecule has 1 heterocycles. The summed E-state index contributed by atoms with van der Waals surface area (Å²) in [6.07, 6.45) is 1.43. The average molecular weight is 466 g/mol. The van der Waals surface area contributed by atoms with Crippen molar-refractivity contribution in [3.8, 4) is 17.1 Å². The van der Waals surface area contributed by atoms with E-state index in [1.54, 1.807) is 14.0 Å². The quantitative estimate of drug-likeness (QED) is 0.202. The van der Waals surface area contributed by atoms with E-state index in [-0.39, 0.29) is 5.69 Å². The number of nitrogens with zero attached hydrogens (tertiary/aromatic N) is 1. The van der Waals surface area contributed by atoms with Gasteiger partial charge in [-0.15, -0.1) is 0 Å². The van der Waals surface area contributed by atoms with Crippen molar-refractivity contribution in [2.45, 2.75) is 6.92 Å². The van der Waals surface area contributed by atoms with Gasteiger partial charge in [0.1, 0.15) is 17.3 Å². The van der Waals surface area contributed by atoms with Crippen molar-refractivity contribution >= 4 is 32.1 Å². The van der Waals surface area contributed by atoms with Crippen LogP contribution in [0.15, 0.2) is 24.3 Å². The number of aryl methyl sites for hydroxylation is 1. The summed E-state index contributed by atoms with van der Waals surface area (Å²) in [6, 6.07) is 7.35. The number of rotatable bonds is 3. The first-order valence-electron chi connectivity index (χ1n) is 7.73. The molecule has 0 radical (unpaired) electrons. The van der Waals surface area contributed by atoms with Crippen LogP contribution in [0.4, 0.5) is 0 Å². The van der Waals surface area contributed by atoms with Crippen LogP contribution in [0.1, 0.15) is 16.2 Å². The van der Waals surface area contributed by atoms with Gasteiger partial charge in [0.15, 0.2) is 5.96 Å². The monoisotopic (exact) mass is 465 g/mol. The molecule has 0 fully saturated rings. The van der Waals surface area contributed by atoms with E-state index in [0.717, 1.165) is 5.56 Å². The van der Waals surface area contributed by atoms with Crippen LogP contribution in [0.2, 0.25) is 0 Å². The zero-order valence-electron chi connectivity index (χ0n) is 16.5. The van der Waals surface area contributed by atoms with E-state index in [2.05, 4.69) is 15.3 Å². The SMILES string of the molecule is COc1ccccc1-c1nc(C)c(C(=O)NC(=N)N)[nH]1.CS(=O)(=O)O.CS(=O)(=O)O. The molecule has 15 heteroatoms. The normalized spacial score (nSPS) is 10.6. The Morgan fingerprint density at radius 1 is 1.17 bits per heavy atom. The lowest BCUT2D eigenvalue weighted by Gasteiger charge is -2.05. The molecule has 0 unspecified atom stereocenters. The number of methoxy groups -OCH3 is 1. The van der Waals surface area contributed by atoms with Gasteiger partial charge >= 0.3 is 0 Å². The van der Waals surface area contributed by atoms with E-state index < -0.39 is 32.1 Å². The van der Waals surface area contributed by atoms with Crippen LogP contribution in [0.3, 0.4) is 0 Å². The number of hydrogen-bond acceptors (Lipinski definition) is 8. The van der Waals surface area contributed by atoms with Crippen molar-refractivity contribution in [2.75, 3.05) is 19.6 Å². The van der Waals surface area contributed by atoms with Gasteiger partial charge < -0.3 is 15.5 Å². The number of H-pyrrole nitrogens is 1. The Bertz CT molecular complexity index is 1050. The van der Waals surface area contributed by atoms with Gasteiger partial charge in [-0.3, -0.25) is 24.6 Å². The molecule has 0 bridgehead atoms. The zero-order valence-corrected chi connectivity index (χ0v) is 18.1. The average Bonchev–Trinajstić information content (AvgIpc) is 2.93. The number of ether oxygens (including phenoxy) is 1. The highest BCUT2D eigenvalue weighted by Crippen LogP contribution is 2.27. The third-order valence-electron chi connectivity index (χ3n) is 2.72. The first-order chi connectivity index (χ1) is 13.5. The first-order valence-corrected chi connectivity index (χ1v) is 11.4. The topological polar surface area (TPSA) is 226 Å². The molecule has 168 valence electrons. The van der Waals surface area contributed by atoms with Gasteiger partial charge in [-0.2, -0.15) is 16.8 Å². The molecule has 1 amide bonds. The van der Waals surface area contributed by atoms with Gasteiger partial charge in [-0.1, -0.05) is 12.1 Å². The fourth-order valence-electron chi connectivity index (χ4n) is 1.83. The molecule has 1 aromatic carbocycles. The van der Waals surface area contributed by atoms with Crippen LogP contribution in [0.25, 0.3) is 11.4 Å². The maximum Gasteiger partial charge on any atom is 0.276 e. The Hall–Kier alpha value is -3.01. The maximum absolute atomic E-state index is 11.8. The fraction of sp³-hybridized carbons (Fsp3) is 0.267. The van der Waals surface area contributed by atoms with E-state index in [0.29, 0.717) is 29.8 Å². The molecule has 0 saturated carbocycles. The molecule has 0 aliphatic heterocycles. The Balaban J connectivity index is 0.000000702. The molecule has 1 aromatic heterocycles. The van der Waals surface area contributed by atoms with Crippen molar-refractivity contribution in [3.63, 3.8) is 0 Å². The molecule has 0 aliphatic rings. The lowest BCUT2D eigenvalue weighted by atomic mass is 10.2. The molecule has 0 aliphatic carbocycles. The van der Waals surface area contributed by atoms with Crippen LogP contribution >= 0.6 is 0 Å². The second-order valence-corrected chi connectivity index (χ2v) is 8.51. The van der Waals surface area contributed by atoms with Crippen molar-refractivity contribution in [2.24, 2.45) is 5.73 Å². The molecule has 30 heavy (non-hydrogen) atoms. The van der Waals surface area contributed by atoms with Crippen molar-refractivity contribution in [3.05, 3.63) is 35.7 Å². The summed E-state index contributed by atoms with van der Waals surface area (Å²) in [6.45, 7) is 1.70. The van der Waals surface area contributed by atoms with Gasteiger partial charge in [0.25, 0.3) is 26.1 Å². The molecule has 0 atom stereocenters. The highest BCUT2D eigenvalue weighted by atomic mass is 32.2. The summed E-state index contributed by atoms with van der Waals surface area (Å²) in [5.74, 6) is 0.264. The molecule has 0 spiro atoms. The summed E-state index contributed by atoms with van der Waals surface area (Å²) < 4.78 is 57.0. The Morgan fingerprint density at radius 3 is 2.07 bits per heavy atom. The van der Waals surface area contributed by atoms with Crippen molar-refractivity contribution in [1.82, 2.24) is 15.3 Å². The van der Waals surface area contributed by atoms with Gasteiger partial charge in [0.2, 0.25) is 0 Å². The highest BCUT2D eigenvalue weighted by molar-refractivity contribution is 7.85. The van der Waals surface area contributed by atoms with E-state index in [1.807, 2.05) is 24.3 Å². The Kier molecular flexibility index (Phi) is 10.1. The smallest absolute Gasteiger partial charge is 0.276 e. The van der Waals surface area contributed by atoms with Crippen LogP contribution in [0, 0.1) is 12.3 Å². The highest BCUT2D eigenvalue weighted by Gasteiger charge is 2.17. The number of amides is 1. The number of benzene rings is 1. The lowest BCUT2D eigenvalue weighted by molar-refractivity contribution is 0.0971. The summed E-state index contributed by atoms with van der Waals surface area (Å²) in [4.78, 5) is 19.1. The number of carbonyl (C=O) groups excluding carboxylic acids is 1. The van der Waals surface area contributed by atoms with Crippen molar-refractivity contribution in [1.29, 1.82) is 5.41 Å². The van der Waals surface area contributed by atoms with Crippen LogP contribution in [-0.2, 0) is 20.2 Å². The zero-order chi connectivity index (χ0) is 23.7. The predicted octanol–water partition coefficient (Wildman–Crippen LogP) is 0.0250. The number of aromatic amines is 1. The number of aromatic nitrogens is 2. The molecule has 13 nitrogen and oxygen atoms in total. The minimum atomic E-state index is -3.67. The van der Waals surface area contributed by atoms with Crippen LogP contribution < -0.4 is 15.8 Å². The van der Waals surface area contributed by atoms with Crippen LogP contribution in [0.5, 0.6) is 5.75 Å². The number of guanidine groups is 1. The Morgan fingerprint density at radius 2 is 1.63 bits per heavy atom. The van der Waals surface area contributed by atoms with Gasteiger partial charge in [0.05, 0.1) is 30.9 Å². The largest absolute Gasteiger partial charge is 0.496 e. The molecule has 7 N–H and O–H groups in total. The molecule has 2 aromatic rings. The van der Waals surface area contributed by atoms with E-state index in [4.69, 9.17) is 25.0 Å². The second-order valence-electron chi connectivity index (χ2n) is 5.58. The summed E-state index contributed by atoms with van der Waals surface area (Å²) in [7, 11) is -5.77. The number of nitrogens with two attached hydrogens (primary N) is 1. The molecular formula is C15H23N5O8S2. The molecule has 0 saturated heterocycles. The third-order valence-corrected chi connectivity index (χ3v) is 2.72. The van der Waals surface area contributed by atoms with E-state index in [1.165, 1.54) is 0 Å². The predicted molar refractivity (Wildman–Crippen MR) is 110 cm³/mol. The van der Waals surface area contributed by atoms with Gasteiger partial charge in [0, 0.05) is 0 Å². The fourth-order valence-corrected chi connectivity index (χ4v) is 1.83. The maximum atomic E-state index is 11.8. The number of carbonyl (C=O) groups is 1. The number of hydrogen-bond donors (Lipinski definition) is 6. The summed E-state index contributed by atoms with van der Waals surface area (Å²) in [5, 5.41) is 9.28. The number of nitrogens with one attached hydrogen (secondary N) is 3. The molecular weight excluding hydrogens is 442 g/mol. The molecule has 2 rings (SSSR count). The second kappa shape index (κ2) is 11.2. The van der Waals surface area contributed by atoms with E-state index in [9.17, 15) is 21.6 Å². The standard InChI is InChI=1S/C13H15N5O2.2CH4O3S/c1-7-10(12(19)18-13(14)15)17-11(16-7)8-5-3-4-6-9(8)20-2;2*1-5(2,3)4/h3-6H,1-2H3,(H,16,17)(H4,14,15,18,19);2*1H3,(H,2,3,4). The van der Waals surface area contributed by atoms with E-state index >= 15 is 0 Å². The van der Waals surface area contributed by atoms with Crippen molar-refractivity contribution < 1.29 is 35.5 Å². The number of imidazole rings is 1. The summed E-state index contributed by atoms with van der Waals surface area (Å²) in [5.41, 5.74) is 6.67. The minimum Gasteiger partial charge on any atom is -0.496 e. The first kappa shape index (κ1) is 27.0. The van der Waals surface area contributed by atoms with Gasteiger partial charge in [-0.05, 0) is 19.1 Å². The Labute approximate surface area is 173 Å². The lowest BCUT2D eigenvalue weighted by Crippen LogP contribution is -2.36. The summed E-state index contributed by atoms with van der Waals surface area (Å²) >= 11 is 0. The number of para-hydroxylation sites is 1. The van der Waals surface area contributed by atoms with Gasteiger partial charge in [-0.25, -0.2) is 4.98 Å². The minimum absolute atomic E-state index is 0.265. The van der Waals surface area contributed by atoms with Crippen LogP contribution in [-0.4, -0.2) is 67.4 Å². The third kappa shape index (κ3) is 12.4.